The topological polar surface area (TPSA) is 53.2 Å². The number of para-hydroxylation sites is 1. The molecule has 0 bridgehead atoms. The van der Waals surface area contributed by atoms with Gasteiger partial charge >= 0.3 is 0 Å². The van der Waals surface area contributed by atoms with Crippen LogP contribution in [0.4, 0.5) is 5.69 Å². The molecule has 128 valence electrons. The first kappa shape index (κ1) is 17.2. The molecule has 0 saturated carbocycles. The Morgan fingerprint density at radius 2 is 1.64 bits per heavy atom. The number of carbonyl (C=O) groups excluding carboxylic acids is 1. The Labute approximate surface area is 153 Å². The molecule has 0 aromatic heterocycles. The van der Waals surface area contributed by atoms with Gasteiger partial charge in [0.2, 0.25) is 0 Å². The van der Waals surface area contributed by atoms with Crippen LogP contribution in [0.1, 0.15) is 29.7 Å². The second-order valence-corrected chi connectivity index (χ2v) is 6.60. The van der Waals surface area contributed by atoms with E-state index >= 15 is 0 Å². The Bertz CT molecular complexity index is 873. The quantitative estimate of drug-likeness (QED) is 0.738. The van der Waals surface area contributed by atoms with E-state index in [9.17, 15) is 4.79 Å². The smallest absolute Gasteiger partial charge is 0.255 e. The lowest BCUT2D eigenvalue weighted by Crippen LogP contribution is -2.46. The van der Waals surface area contributed by atoms with Gasteiger partial charge in [0, 0.05) is 11.4 Å². The van der Waals surface area contributed by atoms with Crippen LogP contribution in [0.15, 0.2) is 59.8 Å². The van der Waals surface area contributed by atoms with Crippen LogP contribution in [0.25, 0.3) is 0 Å². The molecule has 0 saturated heterocycles. The van der Waals surface area contributed by atoms with Crippen molar-refractivity contribution < 1.29 is 4.79 Å². The first-order chi connectivity index (χ1) is 12.0. The van der Waals surface area contributed by atoms with Crippen LogP contribution in [-0.4, -0.2) is 11.0 Å². The lowest BCUT2D eigenvalue weighted by Gasteiger charge is -2.31. The molecule has 1 heterocycles. The van der Waals surface area contributed by atoms with Crippen LogP contribution in [0.5, 0.6) is 0 Å². The number of carbonyl (C=O) groups is 1. The van der Waals surface area contributed by atoms with Crippen molar-refractivity contribution in [2.45, 2.75) is 26.8 Å². The summed E-state index contributed by atoms with van der Waals surface area (Å²) in [5.74, 6) is -0.137. The zero-order valence-electron chi connectivity index (χ0n) is 14.5. The molecular formula is C20H21N3OS. The summed E-state index contributed by atoms with van der Waals surface area (Å²) in [7, 11) is 0. The summed E-state index contributed by atoms with van der Waals surface area (Å²) in [4.78, 5) is 13.0. The Hall–Kier alpha value is -2.66. The van der Waals surface area contributed by atoms with Gasteiger partial charge in [0.05, 0.1) is 11.6 Å². The predicted octanol–water partition coefficient (Wildman–Crippen LogP) is 3.73. The van der Waals surface area contributed by atoms with Crippen LogP contribution in [0, 0.1) is 13.8 Å². The molecule has 0 unspecified atom stereocenters. The number of allylic oxidation sites excluding steroid dienone is 1. The largest absolute Gasteiger partial charge is 0.351 e. The highest BCUT2D eigenvalue weighted by molar-refractivity contribution is 7.80. The maximum absolute atomic E-state index is 13.0. The van der Waals surface area contributed by atoms with E-state index in [1.165, 1.54) is 0 Å². The SMILES string of the molecule is CC1=C(C(=O)Nc2ccccc2C)[C@@H](c2ccccc2C)NC(=S)N1. The minimum Gasteiger partial charge on any atom is -0.351 e. The van der Waals surface area contributed by atoms with E-state index in [-0.39, 0.29) is 11.9 Å². The maximum atomic E-state index is 13.0. The fraction of sp³-hybridized carbons (Fsp3) is 0.200. The van der Waals surface area contributed by atoms with Gasteiger partial charge in [-0.3, -0.25) is 4.79 Å². The highest BCUT2D eigenvalue weighted by Crippen LogP contribution is 2.30. The van der Waals surface area contributed by atoms with E-state index in [4.69, 9.17) is 12.2 Å². The van der Waals surface area contributed by atoms with Crippen molar-refractivity contribution in [2.24, 2.45) is 0 Å². The summed E-state index contributed by atoms with van der Waals surface area (Å²) in [6.07, 6.45) is 0. The fourth-order valence-corrected chi connectivity index (χ4v) is 3.31. The van der Waals surface area contributed by atoms with Gasteiger partial charge in [0.1, 0.15) is 0 Å². The molecule has 25 heavy (non-hydrogen) atoms. The molecule has 0 aliphatic carbocycles. The third-order valence-electron chi connectivity index (χ3n) is 4.41. The molecule has 4 nitrogen and oxygen atoms in total. The Kier molecular flexibility index (Phi) is 4.86. The van der Waals surface area contributed by atoms with Crippen molar-refractivity contribution in [3.05, 3.63) is 76.5 Å². The normalized spacial score (nSPS) is 16.9. The molecule has 2 aromatic rings. The van der Waals surface area contributed by atoms with Crippen LogP contribution < -0.4 is 16.0 Å². The van der Waals surface area contributed by atoms with Crippen molar-refractivity contribution in [3.63, 3.8) is 0 Å². The lowest BCUT2D eigenvalue weighted by molar-refractivity contribution is -0.113. The van der Waals surface area contributed by atoms with Gasteiger partial charge in [-0.15, -0.1) is 0 Å². The Morgan fingerprint density at radius 1 is 1.00 bits per heavy atom. The summed E-state index contributed by atoms with van der Waals surface area (Å²) < 4.78 is 0. The number of aryl methyl sites for hydroxylation is 2. The highest BCUT2D eigenvalue weighted by Gasteiger charge is 2.30. The highest BCUT2D eigenvalue weighted by atomic mass is 32.1. The van der Waals surface area contributed by atoms with E-state index in [0.29, 0.717) is 10.7 Å². The first-order valence-corrected chi connectivity index (χ1v) is 8.59. The van der Waals surface area contributed by atoms with E-state index in [1.54, 1.807) is 0 Å². The van der Waals surface area contributed by atoms with E-state index in [1.807, 2.05) is 69.3 Å². The third-order valence-corrected chi connectivity index (χ3v) is 4.63. The number of hydrogen-bond acceptors (Lipinski definition) is 2. The van der Waals surface area contributed by atoms with Crippen LogP contribution in [0.2, 0.25) is 0 Å². The summed E-state index contributed by atoms with van der Waals surface area (Å²) in [6, 6.07) is 15.5. The molecule has 0 fully saturated rings. The summed E-state index contributed by atoms with van der Waals surface area (Å²) in [5.41, 5.74) is 5.40. The molecule has 0 radical (unpaired) electrons. The minimum absolute atomic E-state index is 0.137. The molecule has 1 amide bonds. The molecule has 5 heteroatoms. The summed E-state index contributed by atoms with van der Waals surface area (Å²) in [5, 5.41) is 9.86. The number of rotatable bonds is 3. The van der Waals surface area contributed by atoms with E-state index in [2.05, 4.69) is 16.0 Å². The van der Waals surface area contributed by atoms with E-state index in [0.717, 1.165) is 28.1 Å². The molecule has 0 spiro atoms. The fourth-order valence-electron chi connectivity index (χ4n) is 3.04. The molecule has 3 rings (SSSR count). The summed E-state index contributed by atoms with van der Waals surface area (Å²) >= 11 is 5.30. The molecule has 1 atom stereocenters. The standard InChI is InChI=1S/C20H21N3OS/c1-12-8-4-6-10-15(12)18-17(14(3)21-20(25)23-18)19(24)22-16-11-7-5-9-13(16)2/h4-11,18H,1-3H3,(H,22,24)(H2,21,23,25)/t18-/m1/s1. The minimum atomic E-state index is -0.279. The summed E-state index contributed by atoms with van der Waals surface area (Å²) in [6.45, 7) is 5.89. The van der Waals surface area contributed by atoms with Gasteiger partial charge in [-0.1, -0.05) is 42.5 Å². The lowest BCUT2D eigenvalue weighted by atomic mass is 9.92. The molecular weight excluding hydrogens is 330 g/mol. The molecule has 1 aliphatic heterocycles. The predicted molar refractivity (Wildman–Crippen MR) is 105 cm³/mol. The zero-order valence-corrected chi connectivity index (χ0v) is 15.3. The van der Waals surface area contributed by atoms with Crippen molar-refractivity contribution in [1.29, 1.82) is 0 Å². The van der Waals surface area contributed by atoms with Crippen LogP contribution >= 0.6 is 12.2 Å². The van der Waals surface area contributed by atoms with Gasteiger partial charge < -0.3 is 16.0 Å². The average molecular weight is 351 g/mol. The maximum Gasteiger partial charge on any atom is 0.255 e. The second-order valence-electron chi connectivity index (χ2n) is 6.20. The number of thiocarbonyl (C=S) groups is 1. The van der Waals surface area contributed by atoms with Gasteiger partial charge in [-0.25, -0.2) is 0 Å². The van der Waals surface area contributed by atoms with Gasteiger partial charge in [0.15, 0.2) is 5.11 Å². The second kappa shape index (κ2) is 7.07. The van der Waals surface area contributed by atoms with Gasteiger partial charge in [-0.05, 0) is 55.7 Å². The number of benzene rings is 2. The van der Waals surface area contributed by atoms with Crippen LogP contribution in [-0.2, 0) is 4.79 Å². The molecule has 1 aliphatic rings. The Balaban J connectivity index is 1.99. The number of hydrogen-bond donors (Lipinski definition) is 3. The van der Waals surface area contributed by atoms with Crippen molar-refractivity contribution in [3.8, 4) is 0 Å². The van der Waals surface area contributed by atoms with Gasteiger partial charge in [0.25, 0.3) is 5.91 Å². The monoisotopic (exact) mass is 351 g/mol. The Morgan fingerprint density at radius 3 is 2.32 bits per heavy atom. The number of amides is 1. The number of anilines is 1. The molecule has 2 aromatic carbocycles. The van der Waals surface area contributed by atoms with Crippen molar-refractivity contribution in [1.82, 2.24) is 10.6 Å². The first-order valence-electron chi connectivity index (χ1n) is 8.18. The van der Waals surface area contributed by atoms with E-state index < -0.39 is 0 Å². The number of nitrogens with one attached hydrogen (secondary N) is 3. The van der Waals surface area contributed by atoms with Crippen LogP contribution in [0.3, 0.4) is 0 Å². The van der Waals surface area contributed by atoms with Gasteiger partial charge in [-0.2, -0.15) is 0 Å². The third kappa shape index (κ3) is 3.56. The van der Waals surface area contributed by atoms with Crippen molar-refractivity contribution in [2.75, 3.05) is 5.32 Å². The zero-order chi connectivity index (χ0) is 18.0. The van der Waals surface area contributed by atoms with Crippen molar-refractivity contribution >= 4 is 28.9 Å². The average Bonchev–Trinajstić information content (AvgIpc) is 2.56. The molecule has 3 N–H and O–H groups in total.